The molecule has 13 heteroatoms. The third-order valence-corrected chi connectivity index (χ3v) is 7.47. The monoisotopic (exact) mass is 569 g/mol. The van der Waals surface area contributed by atoms with Crippen LogP contribution in [0, 0.1) is 17.3 Å². The van der Waals surface area contributed by atoms with Crippen molar-refractivity contribution in [3.8, 4) is 17.6 Å². The van der Waals surface area contributed by atoms with Crippen LogP contribution in [-0.2, 0) is 11.3 Å². The van der Waals surface area contributed by atoms with Gasteiger partial charge in [-0.1, -0.05) is 11.8 Å². The lowest BCUT2D eigenvalue weighted by molar-refractivity contribution is -0.196. The van der Waals surface area contributed by atoms with E-state index in [-0.39, 0.29) is 29.0 Å². The van der Waals surface area contributed by atoms with Crippen molar-refractivity contribution in [2.24, 2.45) is 5.41 Å². The van der Waals surface area contributed by atoms with Crippen LogP contribution in [0.3, 0.4) is 0 Å². The van der Waals surface area contributed by atoms with Gasteiger partial charge in [-0.3, -0.25) is 14.4 Å². The number of ether oxygens (including phenoxy) is 1. The number of halogens is 3. The molecular formula is C28H26F3N5O5. The number of carbonyl (C=O) groups is 3. The summed E-state index contributed by atoms with van der Waals surface area (Å²) in [5.74, 6) is 4.48. The zero-order chi connectivity index (χ0) is 29.6. The van der Waals surface area contributed by atoms with E-state index in [0.717, 1.165) is 10.9 Å². The Balaban J connectivity index is 1.39. The zero-order valence-electron chi connectivity index (χ0n) is 22.1. The number of carbonyl (C=O) groups excluding carboxylic acids is 2. The van der Waals surface area contributed by atoms with Crippen LogP contribution in [0.5, 0.6) is 5.75 Å². The second kappa shape index (κ2) is 10.0. The molecule has 3 aliphatic carbocycles. The molecule has 3 aliphatic rings. The summed E-state index contributed by atoms with van der Waals surface area (Å²) >= 11 is 0. The van der Waals surface area contributed by atoms with Crippen LogP contribution in [0.25, 0.3) is 11.0 Å². The molecule has 0 radical (unpaired) electrons. The zero-order valence-corrected chi connectivity index (χ0v) is 22.1. The Morgan fingerprint density at radius 1 is 1.15 bits per heavy atom. The smallest absolute Gasteiger partial charge is 0.406 e. The molecule has 0 spiro atoms. The molecule has 3 aromatic rings. The third kappa shape index (κ3) is 5.25. The van der Waals surface area contributed by atoms with E-state index in [1.54, 1.807) is 18.2 Å². The van der Waals surface area contributed by atoms with E-state index < -0.39 is 35.6 Å². The van der Waals surface area contributed by atoms with Gasteiger partial charge in [-0.2, -0.15) is 13.2 Å². The highest BCUT2D eigenvalue weighted by Crippen LogP contribution is 2.67. The molecule has 1 aromatic heterocycles. The molecule has 4 N–H and O–H groups in total. The summed E-state index contributed by atoms with van der Waals surface area (Å²) in [5.41, 5.74) is 0.0978. The van der Waals surface area contributed by atoms with Gasteiger partial charge >= 0.3 is 12.1 Å². The molecule has 214 valence electrons. The molecule has 41 heavy (non-hydrogen) atoms. The number of aliphatic carboxylic acids is 1. The van der Waals surface area contributed by atoms with E-state index >= 15 is 0 Å². The summed E-state index contributed by atoms with van der Waals surface area (Å²) < 4.78 is 45.9. The van der Waals surface area contributed by atoms with Crippen LogP contribution in [0.2, 0.25) is 0 Å². The number of amides is 2. The molecule has 6 rings (SSSR count). The van der Waals surface area contributed by atoms with Gasteiger partial charge < -0.3 is 30.4 Å². The minimum atomic E-state index is -4.51. The third-order valence-electron chi connectivity index (χ3n) is 7.47. The molecule has 0 saturated heterocycles. The van der Waals surface area contributed by atoms with Gasteiger partial charge in [-0.25, -0.2) is 4.98 Å². The van der Waals surface area contributed by atoms with Gasteiger partial charge in [0, 0.05) is 23.7 Å². The Morgan fingerprint density at radius 3 is 2.51 bits per heavy atom. The lowest BCUT2D eigenvalue weighted by Gasteiger charge is -2.67. The predicted octanol–water partition coefficient (Wildman–Crippen LogP) is 3.17. The fourth-order valence-corrected chi connectivity index (χ4v) is 5.59. The molecule has 10 nitrogen and oxygen atoms in total. The van der Waals surface area contributed by atoms with Crippen molar-refractivity contribution in [3.63, 3.8) is 0 Å². The first-order chi connectivity index (χ1) is 19.4. The summed E-state index contributed by atoms with van der Waals surface area (Å²) in [7, 11) is 2.98. The Kier molecular flexibility index (Phi) is 6.81. The summed E-state index contributed by atoms with van der Waals surface area (Å²) in [6.07, 6.45) is -2.55. The van der Waals surface area contributed by atoms with Gasteiger partial charge in [-0.05, 0) is 49.6 Å². The fraction of sp³-hybridized carbons (Fsp3) is 0.357. The topological polar surface area (TPSA) is 135 Å². The van der Waals surface area contributed by atoms with E-state index in [0.29, 0.717) is 41.8 Å². The van der Waals surface area contributed by atoms with E-state index in [1.165, 1.54) is 26.3 Å². The highest BCUT2D eigenvalue weighted by Gasteiger charge is 2.72. The first-order valence-electron chi connectivity index (χ1n) is 12.6. The van der Waals surface area contributed by atoms with E-state index in [1.807, 2.05) is 0 Å². The quantitative estimate of drug-likeness (QED) is 0.306. The number of hydrogen-bond acceptors (Lipinski definition) is 6. The fourth-order valence-electron chi connectivity index (χ4n) is 5.59. The molecule has 3 fully saturated rings. The van der Waals surface area contributed by atoms with E-state index in [4.69, 9.17) is 4.74 Å². The number of fused-ring (bicyclic) bond motifs is 1. The molecule has 2 bridgehead atoms. The molecule has 0 atom stereocenters. The Hall–Kier alpha value is -4.73. The molecule has 3 saturated carbocycles. The SMILES string of the molecule is CNC(=O)c1ccc(NCC#Cc2cc(C(=O)NC34CC(C(=O)O)(C3)C4)c3ncn(CC(F)(F)F)c3c2)c(OC)c1. The van der Waals surface area contributed by atoms with Crippen LogP contribution in [0.1, 0.15) is 45.5 Å². The number of nitrogens with one attached hydrogen (secondary N) is 3. The number of anilines is 1. The molecule has 2 amide bonds. The summed E-state index contributed by atoms with van der Waals surface area (Å²) in [4.78, 5) is 40.6. The highest BCUT2D eigenvalue weighted by molar-refractivity contribution is 6.06. The Morgan fingerprint density at radius 2 is 1.88 bits per heavy atom. The van der Waals surface area contributed by atoms with Crippen LogP contribution < -0.4 is 20.7 Å². The second-order valence-electron chi connectivity index (χ2n) is 10.4. The van der Waals surface area contributed by atoms with Gasteiger partial charge in [0.2, 0.25) is 0 Å². The standard InChI is InChI=1S/C28H26F3N5O5/c1-32-23(37)17-5-6-19(21(10-17)41-2)33-7-3-4-16-8-18(22-20(9-16)36(15-34-22)14-28(29,30)31)24(38)35-27-11-26(12-27,13-27)25(39)40/h5-6,8-10,15,33H,7,11-14H2,1-2H3,(H,32,37)(H,35,38)(H,39,40). The van der Waals surface area contributed by atoms with Gasteiger partial charge in [0.25, 0.3) is 11.8 Å². The van der Waals surface area contributed by atoms with Crippen molar-refractivity contribution in [2.75, 3.05) is 26.0 Å². The van der Waals surface area contributed by atoms with Crippen LogP contribution in [0.15, 0.2) is 36.7 Å². The van der Waals surface area contributed by atoms with Gasteiger partial charge in [0.1, 0.15) is 17.8 Å². The Bertz CT molecular complexity index is 1620. The van der Waals surface area contributed by atoms with E-state index in [2.05, 4.69) is 32.8 Å². The van der Waals surface area contributed by atoms with Crippen molar-refractivity contribution < 1.29 is 37.4 Å². The van der Waals surface area contributed by atoms with Crippen LogP contribution in [0.4, 0.5) is 18.9 Å². The number of hydrogen-bond donors (Lipinski definition) is 4. The van der Waals surface area contributed by atoms with Crippen molar-refractivity contribution in [1.82, 2.24) is 20.2 Å². The number of rotatable bonds is 8. The number of imidazole rings is 1. The number of carboxylic acid groups (broad SMARTS) is 1. The number of carboxylic acids is 1. The summed E-state index contributed by atoms with van der Waals surface area (Å²) in [6.45, 7) is -1.17. The highest BCUT2D eigenvalue weighted by atomic mass is 19.4. The molecule has 0 aliphatic heterocycles. The molecule has 2 aromatic carbocycles. The average molecular weight is 570 g/mol. The summed E-state index contributed by atoms with van der Waals surface area (Å²) in [5, 5.41) is 17.8. The van der Waals surface area contributed by atoms with Crippen LogP contribution >= 0.6 is 0 Å². The number of aromatic nitrogens is 2. The number of benzene rings is 2. The molecular weight excluding hydrogens is 543 g/mol. The van der Waals surface area contributed by atoms with Crippen molar-refractivity contribution in [1.29, 1.82) is 0 Å². The maximum absolute atomic E-state index is 13.3. The molecule has 1 heterocycles. The molecule has 0 unspecified atom stereocenters. The van der Waals surface area contributed by atoms with Crippen LogP contribution in [-0.4, -0.2) is 64.9 Å². The number of alkyl halides is 3. The maximum atomic E-state index is 13.3. The van der Waals surface area contributed by atoms with Gasteiger partial charge in [0.05, 0.1) is 42.2 Å². The minimum absolute atomic E-state index is 0.0567. The average Bonchev–Trinajstić information content (AvgIpc) is 3.27. The lowest BCUT2D eigenvalue weighted by atomic mass is 9.39. The number of nitrogens with zero attached hydrogens (tertiary/aromatic N) is 2. The first kappa shape index (κ1) is 27.8. The van der Waals surface area contributed by atoms with Crippen molar-refractivity contribution >= 4 is 34.5 Å². The first-order valence-corrected chi connectivity index (χ1v) is 12.6. The van der Waals surface area contributed by atoms with E-state index in [9.17, 15) is 32.7 Å². The summed E-state index contributed by atoms with van der Waals surface area (Å²) in [6, 6.07) is 7.75. The van der Waals surface area contributed by atoms with Gasteiger partial charge in [0.15, 0.2) is 0 Å². The minimum Gasteiger partial charge on any atom is -0.495 e. The van der Waals surface area contributed by atoms with Crippen molar-refractivity contribution in [2.45, 2.75) is 37.5 Å². The lowest BCUT2D eigenvalue weighted by Crippen LogP contribution is -2.77. The Labute approximate surface area is 232 Å². The largest absolute Gasteiger partial charge is 0.495 e. The maximum Gasteiger partial charge on any atom is 0.406 e. The van der Waals surface area contributed by atoms with Gasteiger partial charge in [-0.15, -0.1) is 0 Å². The van der Waals surface area contributed by atoms with Crippen molar-refractivity contribution in [3.05, 3.63) is 53.3 Å². The normalized spacial score (nSPS) is 20.6. The number of methoxy groups -OCH3 is 1. The predicted molar refractivity (Wildman–Crippen MR) is 142 cm³/mol. The second-order valence-corrected chi connectivity index (χ2v) is 10.4.